The Morgan fingerprint density at radius 1 is 1.56 bits per heavy atom. The van der Waals surface area contributed by atoms with E-state index in [4.69, 9.17) is 10.7 Å². The fourth-order valence-corrected chi connectivity index (χ4v) is 1.79. The third kappa shape index (κ3) is 3.15. The van der Waals surface area contributed by atoms with E-state index in [0.717, 1.165) is 0 Å². The van der Waals surface area contributed by atoms with Crippen LogP contribution in [-0.2, 0) is 20.2 Å². The van der Waals surface area contributed by atoms with Gasteiger partial charge in [-0.2, -0.15) is 0 Å². The monoisotopic (exact) mass is 273 g/mol. The summed E-state index contributed by atoms with van der Waals surface area (Å²) >= 11 is 0. The van der Waals surface area contributed by atoms with Crippen molar-refractivity contribution in [3.05, 3.63) is 17.5 Å². The first-order valence-corrected chi connectivity index (χ1v) is 6.77. The molecular formula is C8H10ClF2NO3S. The number of halogens is 3. The second-order valence-corrected chi connectivity index (χ2v) is 6.67. The maximum Gasteiger partial charge on any atom is 0.250 e. The molecule has 1 heterocycles. The van der Waals surface area contributed by atoms with E-state index < -0.39 is 26.6 Å². The van der Waals surface area contributed by atoms with Crippen molar-refractivity contribution < 1.29 is 21.7 Å². The zero-order chi connectivity index (χ0) is 12.6. The lowest BCUT2D eigenvalue weighted by Crippen LogP contribution is -2.26. The summed E-state index contributed by atoms with van der Waals surface area (Å²) < 4.78 is 51.4. The molecule has 0 bridgehead atoms. The average molecular weight is 274 g/mol. The summed E-state index contributed by atoms with van der Waals surface area (Å²) in [5, 5.41) is 3.38. The highest BCUT2D eigenvalue weighted by molar-refractivity contribution is 8.13. The van der Waals surface area contributed by atoms with Gasteiger partial charge in [-0.15, -0.1) is 0 Å². The highest BCUT2D eigenvalue weighted by Gasteiger charge is 2.36. The summed E-state index contributed by atoms with van der Waals surface area (Å²) in [7, 11) is 1.23. The number of aromatic nitrogens is 1. The maximum atomic E-state index is 12.6. The summed E-state index contributed by atoms with van der Waals surface area (Å²) in [5.74, 6) is -0.616. The van der Waals surface area contributed by atoms with Crippen LogP contribution in [0.1, 0.15) is 25.3 Å². The van der Waals surface area contributed by atoms with Gasteiger partial charge in [0, 0.05) is 16.7 Å². The fourth-order valence-electron chi connectivity index (χ4n) is 0.968. The molecule has 4 nitrogen and oxygen atoms in total. The molecule has 0 aliphatic carbocycles. The molecule has 16 heavy (non-hydrogen) atoms. The predicted molar refractivity (Wildman–Crippen MR) is 54.0 cm³/mol. The van der Waals surface area contributed by atoms with Crippen molar-refractivity contribution in [2.45, 2.75) is 31.4 Å². The van der Waals surface area contributed by atoms with Crippen LogP contribution in [0.25, 0.3) is 0 Å². The van der Waals surface area contributed by atoms with Gasteiger partial charge < -0.3 is 4.52 Å². The highest BCUT2D eigenvalue weighted by atomic mass is 35.7. The molecule has 0 saturated heterocycles. The SMILES string of the molecule is CC(C)(c1cc(CS(=O)(=O)Cl)no1)C(F)F. The Hall–Kier alpha value is -0.690. The minimum Gasteiger partial charge on any atom is -0.360 e. The van der Waals surface area contributed by atoms with E-state index in [1.54, 1.807) is 0 Å². The molecule has 1 aromatic heterocycles. The van der Waals surface area contributed by atoms with Gasteiger partial charge in [-0.1, -0.05) is 5.16 Å². The molecule has 92 valence electrons. The summed E-state index contributed by atoms with van der Waals surface area (Å²) in [4.78, 5) is 0. The zero-order valence-corrected chi connectivity index (χ0v) is 10.1. The minimum atomic E-state index is -3.77. The van der Waals surface area contributed by atoms with Gasteiger partial charge in [0.05, 0.1) is 5.41 Å². The lowest BCUT2D eigenvalue weighted by Gasteiger charge is -2.19. The van der Waals surface area contributed by atoms with Gasteiger partial charge >= 0.3 is 0 Å². The summed E-state index contributed by atoms with van der Waals surface area (Å²) in [6.45, 7) is 2.55. The predicted octanol–water partition coefficient (Wildman–Crippen LogP) is 2.29. The fraction of sp³-hybridized carbons (Fsp3) is 0.625. The Morgan fingerprint density at radius 2 is 2.12 bits per heavy atom. The molecule has 0 amide bonds. The molecule has 0 unspecified atom stereocenters. The summed E-state index contributed by atoms with van der Waals surface area (Å²) in [5.41, 5.74) is -1.50. The van der Waals surface area contributed by atoms with E-state index in [2.05, 4.69) is 9.68 Å². The zero-order valence-electron chi connectivity index (χ0n) is 8.58. The lowest BCUT2D eigenvalue weighted by atomic mass is 9.91. The van der Waals surface area contributed by atoms with Crippen molar-refractivity contribution in [3.8, 4) is 0 Å². The molecule has 8 heteroatoms. The van der Waals surface area contributed by atoms with Gasteiger partial charge in [-0.25, -0.2) is 17.2 Å². The Balaban J connectivity index is 2.96. The molecule has 1 rings (SSSR count). The topological polar surface area (TPSA) is 60.2 Å². The van der Waals surface area contributed by atoms with Crippen LogP contribution in [0.4, 0.5) is 8.78 Å². The molecule has 0 saturated carbocycles. The third-order valence-electron chi connectivity index (χ3n) is 2.06. The minimum absolute atomic E-state index is 0.0127. The number of hydrogen-bond donors (Lipinski definition) is 0. The Kier molecular flexibility index (Phi) is 3.59. The van der Waals surface area contributed by atoms with Crippen molar-refractivity contribution in [2.75, 3.05) is 0 Å². The van der Waals surface area contributed by atoms with E-state index in [-0.39, 0.29) is 11.5 Å². The molecule has 1 aromatic rings. The molecule has 0 spiro atoms. The molecule has 0 fully saturated rings. The van der Waals surface area contributed by atoms with Gasteiger partial charge in [0.25, 0.3) is 6.43 Å². The second-order valence-electron chi connectivity index (χ2n) is 3.89. The van der Waals surface area contributed by atoms with Gasteiger partial charge in [0.1, 0.15) is 17.2 Å². The van der Waals surface area contributed by atoms with Crippen LogP contribution in [0.5, 0.6) is 0 Å². The van der Waals surface area contributed by atoms with Crippen molar-refractivity contribution in [2.24, 2.45) is 0 Å². The van der Waals surface area contributed by atoms with Crippen molar-refractivity contribution in [1.82, 2.24) is 5.16 Å². The van der Waals surface area contributed by atoms with E-state index >= 15 is 0 Å². The van der Waals surface area contributed by atoms with Crippen molar-refractivity contribution in [3.63, 3.8) is 0 Å². The van der Waals surface area contributed by atoms with Crippen LogP contribution in [0.2, 0.25) is 0 Å². The van der Waals surface area contributed by atoms with Crippen LogP contribution in [-0.4, -0.2) is 20.0 Å². The van der Waals surface area contributed by atoms with E-state index in [9.17, 15) is 17.2 Å². The van der Waals surface area contributed by atoms with Gasteiger partial charge in [-0.05, 0) is 13.8 Å². The summed E-state index contributed by atoms with van der Waals surface area (Å²) in [6, 6.07) is 1.17. The number of nitrogens with zero attached hydrogens (tertiary/aromatic N) is 1. The maximum absolute atomic E-state index is 12.6. The summed E-state index contributed by atoms with van der Waals surface area (Å²) in [6.07, 6.45) is -2.64. The van der Waals surface area contributed by atoms with Crippen molar-refractivity contribution >= 4 is 19.7 Å². The van der Waals surface area contributed by atoms with Gasteiger partial charge in [0.15, 0.2) is 0 Å². The van der Waals surface area contributed by atoms with E-state index in [1.165, 1.54) is 19.9 Å². The molecule has 0 aliphatic heterocycles. The van der Waals surface area contributed by atoms with Gasteiger partial charge in [0.2, 0.25) is 9.05 Å². The molecule has 0 N–H and O–H groups in total. The number of hydrogen-bond acceptors (Lipinski definition) is 4. The van der Waals surface area contributed by atoms with Crippen LogP contribution < -0.4 is 0 Å². The molecule has 0 radical (unpaired) electrons. The first-order chi connectivity index (χ1) is 7.13. The van der Waals surface area contributed by atoms with Crippen LogP contribution in [0.15, 0.2) is 10.6 Å². The lowest BCUT2D eigenvalue weighted by molar-refractivity contribution is 0.0535. The van der Waals surface area contributed by atoms with E-state index in [0.29, 0.717) is 0 Å². The quantitative estimate of drug-likeness (QED) is 0.790. The molecule has 0 aliphatic rings. The smallest absolute Gasteiger partial charge is 0.250 e. The van der Waals surface area contributed by atoms with Crippen LogP contribution >= 0.6 is 10.7 Å². The first kappa shape index (κ1) is 13.4. The van der Waals surface area contributed by atoms with E-state index in [1.807, 2.05) is 0 Å². The third-order valence-corrected chi connectivity index (χ3v) is 3.03. The second kappa shape index (κ2) is 4.29. The number of alkyl halides is 2. The standard InChI is InChI=1S/C8H10ClF2NO3S/c1-8(2,7(10)11)6-3-5(12-15-6)4-16(9,13)14/h3,7H,4H2,1-2H3. The Bertz CT molecular complexity index is 469. The Labute approximate surface area is 96.0 Å². The van der Waals surface area contributed by atoms with Crippen molar-refractivity contribution in [1.29, 1.82) is 0 Å². The van der Waals surface area contributed by atoms with Gasteiger partial charge in [-0.3, -0.25) is 0 Å². The first-order valence-electron chi connectivity index (χ1n) is 4.29. The highest BCUT2D eigenvalue weighted by Crippen LogP contribution is 2.30. The normalized spacial score (nSPS) is 13.4. The molecular weight excluding hydrogens is 264 g/mol. The van der Waals surface area contributed by atoms with Crippen LogP contribution in [0.3, 0.4) is 0 Å². The number of rotatable bonds is 4. The Morgan fingerprint density at radius 3 is 2.56 bits per heavy atom. The molecule has 0 aromatic carbocycles. The average Bonchev–Trinajstić information content (AvgIpc) is 2.49. The largest absolute Gasteiger partial charge is 0.360 e. The van der Waals surface area contributed by atoms with Crippen LogP contribution in [0, 0.1) is 0 Å². The molecule has 0 atom stereocenters.